The Bertz CT molecular complexity index is 581. The summed E-state index contributed by atoms with van der Waals surface area (Å²) >= 11 is 0. The number of nitrogens with zero attached hydrogens (tertiary/aromatic N) is 2. The highest BCUT2D eigenvalue weighted by Gasteiger charge is 2.21. The van der Waals surface area contributed by atoms with Crippen LogP contribution in [0.4, 0.5) is 5.69 Å². The molecule has 0 heterocycles. The van der Waals surface area contributed by atoms with Gasteiger partial charge in [-0.25, -0.2) is 0 Å². The van der Waals surface area contributed by atoms with Gasteiger partial charge in [0.1, 0.15) is 0 Å². The van der Waals surface area contributed by atoms with Crippen LogP contribution in [0.15, 0.2) is 29.3 Å². The first-order valence-corrected chi connectivity index (χ1v) is 10.2. The number of guanidine groups is 1. The van der Waals surface area contributed by atoms with Crippen LogP contribution in [-0.2, 0) is 4.74 Å². The molecule has 1 unspecified atom stereocenters. The van der Waals surface area contributed by atoms with Crippen molar-refractivity contribution >= 4 is 35.6 Å². The Kier molecular flexibility index (Phi) is 12.5. The molecule has 0 spiro atoms. The molecular formula is C21H37IN4O2. The number of nitrogens with one attached hydrogen (secondary N) is 2. The van der Waals surface area contributed by atoms with Crippen LogP contribution in [-0.4, -0.2) is 63.1 Å². The molecule has 0 saturated heterocycles. The van der Waals surface area contributed by atoms with Crippen molar-refractivity contribution in [3.63, 3.8) is 0 Å². The summed E-state index contributed by atoms with van der Waals surface area (Å²) in [7, 11) is 0. The molecule has 6 nitrogen and oxygen atoms in total. The first-order chi connectivity index (χ1) is 13.1. The van der Waals surface area contributed by atoms with E-state index in [2.05, 4.69) is 58.6 Å². The maximum atomic E-state index is 10.0. The largest absolute Gasteiger partial charge is 0.389 e. The number of halogens is 1. The molecule has 0 radical (unpaired) electrons. The Morgan fingerprint density at radius 3 is 2.75 bits per heavy atom. The van der Waals surface area contributed by atoms with E-state index in [1.54, 1.807) is 0 Å². The van der Waals surface area contributed by atoms with Crippen molar-refractivity contribution in [1.82, 2.24) is 10.6 Å². The van der Waals surface area contributed by atoms with E-state index >= 15 is 0 Å². The molecule has 160 valence electrons. The van der Waals surface area contributed by atoms with E-state index in [0.717, 1.165) is 44.7 Å². The summed E-state index contributed by atoms with van der Waals surface area (Å²) in [5, 5.41) is 16.6. The lowest BCUT2D eigenvalue weighted by Gasteiger charge is -2.24. The average molecular weight is 504 g/mol. The second kappa shape index (κ2) is 14.0. The third-order valence-corrected chi connectivity index (χ3v) is 4.59. The topological polar surface area (TPSA) is 69.1 Å². The first kappa shape index (κ1) is 25.0. The number of aliphatic imine (C=N–C) groups is 1. The maximum Gasteiger partial charge on any atom is 0.191 e. The van der Waals surface area contributed by atoms with Gasteiger partial charge in [0.05, 0.1) is 19.3 Å². The van der Waals surface area contributed by atoms with Crippen molar-refractivity contribution in [2.75, 3.05) is 50.8 Å². The van der Waals surface area contributed by atoms with Gasteiger partial charge in [-0.15, -0.1) is 24.0 Å². The zero-order chi connectivity index (χ0) is 19.5. The molecular weight excluding hydrogens is 467 g/mol. The van der Waals surface area contributed by atoms with Crippen LogP contribution >= 0.6 is 24.0 Å². The molecule has 1 fully saturated rings. The van der Waals surface area contributed by atoms with E-state index in [-0.39, 0.29) is 24.0 Å². The van der Waals surface area contributed by atoms with Gasteiger partial charge in [-0.2, -0.15) is 0 Å². The molecule has 2 rings (SSSR count). The fraction of sp³-hybridized carbons (Fsp3) is 0.667. The van der Waals surface area contributed by atoms with Crippen LogP contribution in [0, 0.1) is 12.8 Å². The Morgan fingerprint density at radius 2 is 2.11 bits per heavy atom. The lowest BCUT2D eigenvalue weighted by molar-refractivity contribution is 0.0368. The van der Waals surface area contributed by atoms with Crippen LogP contribution in [0.1, 0.15) is 32.3 Å². The van der Waals surface area contributed by atoms with Gasteiger partial charge in [-0.1, -0.05) is 12.1 Å². The van der Waals surface area contributed by atoms with E-state index in [1.165, 1.54) is 24.1 Å². The Balaban J connectivity index is 0.00000392. The van der Waals surface area contributed by atoms with Gasteiger partial charge >= 0.3 is 0 Å². The van der Waals surface area contributed by atoms with Crippen molar-refractivity contribution in [2.24, 2.45) is 10.9 Å². The predicted octanol–water partition coefficient (Wildman–Crippen LogP) is 2.78. The number of hydrogen-bond donors (Lipinski definition) is 3. The van der Waals surface area contributed by atoms with Gasteiger partial charge < -0.3 is 25.4 Å². The van der Waals surface area contributed by atoms with Crippen molar-refractivity contribution in [3.8, 4) is 0 Å². The van der Waals surface area contributed by atoms with Crippen molar-refractivity contribution in [3.05, 3.63) is 29.8 Å². The van der Waals surface area contributed by atoms with E-state index in [4.69, 9.17) is 4.74 Å². The van der Waals surface area contributed by atoms with Crippen molar-refractivity contribution in [2.45, 2.75) is 39.7 Å². The van der Waals surface area contributed by atoms with Gasteiger partial charge in [0.2, 0.25) is 0 Å². The zero-order valence-electron chi connectivity index (χ0n) is 17.5. The summed E-state index contributed by atoms with van der Waals surface area (Å²) < 4.78 is 5.53. The quantitative estimate of drug-likeness (QED) is 0.232. The van der Waals surface area contributed by atoms with Crippen LogP contribution in [0.25, 0.3) is 0 Å². The highest BCUT2D eigenvalue weighted by atomic mass is 127. The normalized spacial score (nSPS) is 14.9. The molecule has 1 aliphatic carbocycles. The number of anilines is 1. The molecule has 1 aromatic rings. The third-order valence-electron chi connectivity index (χ3n) is 4.59. The summed E-state index contributed by atoms with van der Waals surface area (Å²) in [6.45, 7) is 11.2. The fourth-order valence-corrected chi connectivity index (χ4v) is 2.85. The number of ether oxygens (including phenoxy) is 1. The molecule has 0 aromatic heterocycles. The van der Waals surface area contributed by atoms with E-state index in [0.29, 0.717) is 13.2 Å². The monoisotopic (exact) mass is 504 g/mol. The number of aliphatic hydroxyl groups excluding tert-OH is 1. The number of aliphatic hydroxyl groups is 1. The van der Waals surface area contributed by atoms with Gasteiger partial charge in [-0.3, -0.25) is 4.99 Å². The minimum Gasteiger partial charge on any atom is -0.389 e. The van der Waals surface area contributed by atoms with Gasteiger partial charge in [0.25, 0.3) is 0 Å². The Morgan fingerprint density at radius 1 is 1.32 bits per heavy atom. The van der Waals surface area contributed by atoms with E-state index in [1.807, 2.05) is 6.92 Å². The van der Waals surface area contributed by atoms with Crippen LogP contribution in [0.5, 0.6) is 0 Å². The van der Waals surface area contributed by atoms with Gasteiger partial charge in [0, 0.05) is 38.5 Å². The highest BCUT2D eigenvalue weighted by Crippen LogP contribution is 2.28. The number of likely N-dealkylation sites (N-methyl/N-ethyl adjacent to an activating group) is 1. The summed E-state index contributed by atoms with van der Waals surface area (Å²) in [5.74, 6) is 1.45. The minimum atomic E-state index is -0.557. The number of aryl methyl sites for hydroxylation is 1. The molecule has 0 bridgehead atoms. The minimum absolute atomic E-state index is 0. The smallest absolute Gasteiger partial charge is 0.191 e. The van der Waals surface area contributed by atoms with Crippen molar-refractivity contribution in [1.29, 1.82) is 0 Å². The summed E-state index contributed by atoms with van der Waals surface area (Å²) in [4.78, 5) is 6.82. The summed E-state index contributed by atoms with van der Waals surface area (Å²) in [6.07, 6.45) is 1.97. The zero-order valence-corrected chi connectivity index (χ0v) is 19.8. The third kappa shape index (κ3) is 9.93. The molecule has 1 atom stereocenters. The van der Waals surface area contributed by atoms with Gasteiger partial charge in [0.15, 0.2) is 5.96 Å². The van der Waals surface area contributed by atoms with Crippen LogP contribution in [0.3, 0.4) is 0 Å². The van der Waals surface area contributed by atoms with Crippen LogP contribution in [0.2, 0.25) is 0 Å². The van der Waals surface area contributed by atoms with Crippen molar-refractivity contribution < 1.29 is 9.84 Å². The molecule has 0 amide bonds. The Hall–Kier alpha value is -1.06. The number of benzene rings is 1. The first-order valence-electron chi connectivity index (χ1n) is 10.2. The fourth-order valence-electron chi connectivity index (χ4n) is 2.85. The van der Waals surface area contributed by atoms with E-state index in [9.17, 15) is 5.11 Å². The Labute approximate surface area is 187 Å². The number of rotatable bonds is 12. The van der Waals surface area contributed by atoms with Crippen LogP contribution < -0.4 is 15.5 Å². The molecule has 28 heavy (non-hydrogen) atoms. The lowest BCUT2D eigenvalue weighted by Crippen LogP contribution is -2.42. The van der Waals surface area contributed by atoms with E-state index < -0.39 is 6.10 Å². The molecule has 0 aliphatic heterocycles. The molecule has 1 aromatic carbocycles. The molecule has 1 aliphatic rings. The number of hydrogen-bond acceptors (Lipinski definition) is 4. The lowest BCUT2D eigenvalue weighted by atomic mass is 10.2. The molecule has 3 N–H and O–H groups in total. The highest BCUT2D eigenvalue weighted by molar-refractivity contribution is 14.0. The standard InChI is InChI=1S/C21H36N4O2.HI/c1-4-22-21(24-14-20(26)16-27-15-18-9-10-18)23-11-12-25(5-2)19-8-6-7-17(3)13-19;/h6-8,13,18,20,26H,4-5,9-12,14-16H2,1-3H3,(H2,22,23,24);1H. The second-order valence-corrected chi connectivity index (χ2v) is 7.20. The average Bonchev–Trinajstić information content (AvgIpc) is 3.47. The predicted molar refractivity (Wildman–Crippen MR) is 128 cm³/mol. The van der Waals surface area contributed by atoms with Gasteiger partial charge in [-0.05, 0) is 57.2 Å². The SMILES string of the molecule is CCNC(=NCC(O)COCC1CC1)NCCN(CC)c1cccc(C)c1.I. The second-order valence-electron chi connectivity index (χ2n) is 7.20. The molecule has 1 saturated carbocycles. The molecule has 7 heteroatoms. The maximum absolute atomic E-state index is 10.0. The summed E-state index contributed by atoms with van der Waals surface area (Å²) in [6, 6.07) is 8.57. The summed E-state index contributed by atoms with van der Waals surface area (Å²) in [5.41, 5.74) is 2.51.